The Bertz CT molecular complexity index is 438. The predicted molar refractivity (Wildman–Crippen MR) is 89.7 cm³/mol. The number of nitrogens with zero attached hydrogens (tertiary/aromatic N) is 2. The lowest BCUT2D eigenvalue weighted by molar-refractivity contribution is -0.00325. The average molecular weight is 305 g/mol. The fourth-order valence-electron chi connectivity index (χ4n) is 5.04. The normalized spacial score (nSPS) is 32.4. The van der Waals surface area contributed by atoms with Gasteiger partial charge < -0.3 is 0 Å². The smallest absolute Gasteiger partial charge is 0.0332 e. The van der Waals surface area contributed by atoms with Gasteiger partial charge in [0.05, 0.1) is 0 Å². The van der Waals surface area contributed by atoms with Gasteiger partial charge in [-0.05, 0) is 49.6 Å². The number of rotatable bonds is 3. The van der Waals surface area contributed by atoms with Crippen LogP contribution < -0.4 is 0 Å². The highest BCUT2D eigenvalue weighted by Crippen LogP contribution is 2.38. The first-order valence-electron chi connectivity index (χ1n) is 8.92. The van der Waals surface area contributed by atoms with Gasteiger partial charge >= 0.3 is 0 Å². The zero-order valence-corrected chi connectivity index (χ0v) is 13.9. The summed E-state index contributed by atoms with van der Waals surface area (Å²) in [6.07, 6.45) is 10.3. The van der Waals surface area contributed by atoms with E-state index in [1.54, 1.807) is 4.88 Å². The average Bonchev–Trinajstić information content (AvgIpc) is 3.19. The molecule has 0 spiro atoms. The molecule has 1 aliphatic carbocycles. The van der Waals surface area contributed by atoms with E-state index in [4.69, 9.17) is 0 Å². The number of hydrogen-bond acceptors (Lipinski definition) is 3. The first-order valence-corrected chi connectivity index (χ1v) is 9.80. The molecule has 2 aliphatic heterocycles. The van der Waals surface area contributed by atoms with E-state index in [0.29, 0.717) is 0 Å². The second kappa shape index (κ2) is 6.39. The highest BCUT2D eigenvalue weighted by atomic mass is 32.1. The molecule has 0 bridgehead atoms. The summed E-state index contributed by atoms with van der Waals surface area (Å²) >= 11 is 1.94. The molecule has 1 saturated carbocycles. The molecule has 0 N–H and O–H groups in total. The van der Waals surface area contributed by atoms with Crippen LogP contribution in [0.1, 0.15) is 49.8 Å². The van der Waals surface area contributed by atoms with Crippen LogP contribution >= 0.6 is 11.3 Å². The zero-order chi connectivity index (χ0) is 14.1. The minimum Gasteiger partial charge on any atom is -0.298 e. The minimum absolute atomic E-state index is 0.837. The van der Waals surface area contributed by atoms with Crippen molar-refractivity contribution in [2.24, 2.45) is 5.92 Å². The maximum atomic E-state index is 2.86. The summed E-state index contributed by atoms with van der Waals surface area (Å²) in [6, 6.07) is 6.23. The first-order chi connectivity index (χ1) is 10.4. The largest absolute Gasteiger partial charge is 0.298 e. The summed E-state index contributed by atoms with van der Waals surface area (Å²) in [7, 11) is 0. The van der Waals surface area contributed by atoms with Gasteiger partial charge in [-0.25, -0.2) is 0 Å². The highest BCUT2D eigenvalue weighted by Gasteiger charge is 2.42. The topological polar surface area (TPSA) is 6.48 Å². The summed E-state index contributed by atoms with van der Waals surface area (Å²) in [5, 5.41) is 2.23. The molecule has 0 unspecified atom stereocenters. The molecule has 3 heteroatoms. The Kier molecular flexibility index (Phi) is 4.33. The number of fused-ring (bicyclic) bond motifs is 1. The fourth-order valence-corrected chi connectivity index (χ4v) is 5.77. The first kappa shape index (κ1) is 14.2. The summed E-state index contributed by atoms with van der Waals surface area (Å²) in [5.74, 6) is 0.963. The quantitative estimate of drug-likeness (QED) is 0.833. The highest BCUT2D eigenvalue weighted by molar-refractivity contribution is 7.09. The van der Waals surface area contributed by atoms with Crippen molar-refractivity contribution in [2.75, 3.05) is 19.6 Å². The maximum Gasteiger partial charge on any atom is 0.0332 e. The molecular weight excluding hydrogens is 276 g/mol. The Hall–Kier alpha value is -0.380. The molecule has 0 amide bonds. The van der Waals surface area contributed by atoms with E-state index < -0.39 is 0 Å². The molecular formula is C18H28N2S. The van der Waals surface area contributed by atoms with E-state index in [9.17, 15) is 0 Å². The SMILES string of the molecule is c1csc(CN2CCN3CCC[C@H]3[C@H]2C2CCCCC2)c1. The van der Waals surface area contributed by atoms with Crippen molar-refractivity contribution in [1.29, 1.82) is 0 Å². The van der Waals surface area contributed by atoms with Crippen LogP contribution in [0.2, 0.25) is 0 Å². The lowest BCUT2D eigenvalue weighted by Gasteiger charge is -2.49. The monoisotopic (exact) mass is 304 g/mol. The third-order valence-corrected chi connectivity index (χ3v) is 6.84. The molecule has 1 aromatic heterocycles. The van der Waals surface area contributed by atoms with Crippen molar-refractivity contribution in [3.8, 4) is 0 Å². The molecule has 3 heterocycles. The van der Waals surface area contributed by atoms with E-state index >= 15 is 0 Å². The Labute approximate surface area is 133 Å². The lowest BCUT2D eigenvalue weighted by atomic mass is 9.78. The fraction of sp³-hybridized carbons (Fsp3) is 0.778. The summed E-state index contributed by atoms with van der Waals surface area (Å²) < 4.78 is 0. The molecule has 1 aromatic rings. The Morgan fingerprint density at radius 1 is 1.00 bits per heavy atom. The summed E-state index contributed by atoms with van der Waals surface area (Å²) in [6.45, 7) is 5.15. The Morgan fingerprint density at radius 2 is 1.90 bits per heavy atom. The Balaban J connectivity index is 1.54. The van der Waals surface area contributed by atoms with Crippen LogP contribution in [0.4, 0.5) is 0 Å². The third-order valence-electron chi connectivity index (χ3n) is 5.98. The minimum atomic E-state index is 0.837. The summed E-state index contributed by atoms with van der Waals surface area (Å²) in [4.78, 5) is 7.22. The molecule has 2 nitrogen and oxygen atoms in total. The van der Waals surface area contributed by atoms with Gasteiger partial charge in [-0.1, -0.05) is 25.3 Å². The molecule has 2 saturated heterocycles. The van der Waals surface area contributed by atoms with E-state index in [2.05, 4.69) is 27.3 Å². The zero-order valence-electron chi connectivity index (χ0n) is 13.0. The number of piperazine rings is 1. The molecule has 3 fully saturated rings. The van der Waals surface area contributed by atoms with Crippen molar-refractivity contribution in [2.45, 2.75) is 63.6 Å². The van der Waals surface area contributed by atoms with Gasteiger partial charge in [0.1, 0.15) is 0 Å². The van der Waals surface area contributed by atoms with Gasteiger partial charge in [-0.15, -0.1) is 11.3 Å². The van der Waals surface area contributed by atoms with Crippen molar-refractivity contribution in [1.82, 2.24) is 9.80 Å². The molecule has 116 valence electrons. The van der Waals surface area contributed by atoms with Gasteiger partial charge in [0, 0.05) is 36.6 Å². The van der Waals surface area contributed by atoms with Crippen LogP contribution in [0, 0.1) is 5.92 Å². The molecule has 3 aliphatic rings. The van der Waals surface area contributed by atoms with Gasteiger partial charge in [0.15, 0.2) is 0 Å². The number of thiophene rings is 1. The van der Waals surface area contributed by atoms with E-state index in [0.717, 1.165) is 18.0 Å². The standard InChI is InChI=1S/C18H28N2S/c1-2-6-15(7-3-1)18-17-9-4-10-19(17)11-12-20(18)14-16-8-5-13-21-16/h5,8,13,15,17-18H,1-4,6-7,9-12,14H2/t17-,18+/m0/s1. The van der Waals surface area contributed by atoms with Gasteiger partial charge in [0.25, 0.3) is 0 Å². The van der Waals surface area contributed by atoms with Crippen LogP contribution in [-0.2, 0) is 6.54 Å². The van der Waals surface area contributed by atoms with Crippen LogP contribution in [0.5, 0.6) is 0 Å². The molecule has 0 radical (unpaired) electrons. The Morgan fingerprint density at radius 3 is 2.71 bits per heavy atom. The molecule has 0 aromatic carbocycles. The van der Waals surface area contributed by atoms with Crippen molar-refractivity contribution in [3.05, 3.63) is 22.4 Å². The second-order valence-corrected chi connectivity index (χ2v) is 8.22. The van der Waals surface area contributed by atoms with Crippen molar-refractivity contribution < 1.29 is 0 Å². The molecule has 2 atom stereocenters. The van der Waals surface area contributed by atoms with Crippen LogP contribution in [0.15, 0.2) is 17.5 Å². The van der Waals surface area contributed by atoms with Gasteiger partial charge in [0.2, 0.25) is 0 Å². The van der Waals surface area contributed by atoms with E-state index in [1.165, 1.54) is 71.1 Å². The third kappa shape index (κ3) is 2.93. The van der Waals surface area contributed by atoms with Crippen molar-refractivity contribution in [3.63, 3.8) is 0 Å². The number of hydrogen-bond donors (Lipinski definition) is 0. The second-order valence-electron chi connectivity index (χ2n) is 7.18. The van der Waals surface area contributed by atoms with Crippen molar-refractivity contribution >= 4 is 11.3 Å². The molecule has 21 heavy (non-hydrogen) atoms. The van der Waals surface area contributed by atoms with E-state index in [1.807, 2.05) is 11.3 Å². The predicted octanol–water partition coefficient (Wildman–Crippen LogP) is 3.98. The van der Waals surface area contributed by atoms with Gasteiger partial charge in [-0.3, -0.25) is 9.80 Å². The lowest BCUT2D eigenvalue weighted by Crippen LogP contribution is -2.59. The van der Waals surface area contributed by atoms with E-state index in [-0.39, 0.29) is 0 Å². The van der Waals surface area contributed by atoms with Crippen LogP contribution in [-0.4, -0.2) is 41.5 Å². The maximum absolute atomic E-state index is 2.86. The van der Waals surface area contributed by atoms with Crippen LogP contribution in [0.3, 0.4) is 0 Å². The van der Waals surface area contributed by atoms with Gasteiger partial charge in [-0.2, -0.15) is 0 Å². The molecule has 4 rings (SSSR count). The summed E-state index contributed by atoms with van der Waals surface area (Å²) in [5.41, 5.74) is 0. The van der Waals surface area contributed by atoms with Crippen LogP contribution in [0.25, 0.3) is 0 Å².